The van der Waals surface area contributed by atoms with Crippen LogP contribution in [-0.4, -0.2) is 30.1 Å². The van der Waals surface area contributed by atoms with E-state index in [4.69, 9.17) is 4.74 Å². The summed E-state index contributed by atoms with van der Waals surface area (Å²) in [5.41, 5.74) is 1.89. The van der Waals surface area contributed by atoms with Gasteiger partial charge in [-0.1, -0.05) is 0 Å². The van der Waals surface area contributed by atoms with E-state index >= 15 is 0 Å². The summed E-state index contributed by atoms with van der Waals surface area (Å²) in [6.45, 7) is 9.41. The average molecular weight is 381 g/mol. The van der Waals surface area contributed by atoms with Gasteiger partial charge in [0.25, 0.3) is 0 Å². The van der Waals surface area contributed by atoms with E-state index in [1.807, 2.05) is 26.2 Å². The first kappa shape index (κ1) is 19.4. The molecule has 0 amide bonds. The topological polar surface area (TPSA) is 75.6 Å². The van der Waals surface area contributed by atoms with Crippen LogP contribution in [0.25, 0.3) is 0 Å². The molecule has 2 aromatic rings. The van der Waals surface area contributed by atoms with Gasteiger partial charge in [-0.15, -0.1) is 11.3 Å². The van der Waals surface area contributed by atoms with Gasteiger partial charge in [0.2, 0.25) is 0 Å². The maximum absolute atomic E-state index is 12.0. The lowest BCUT2D eigenvalue weighted by molar-refractivity contribution is 0.0531. The maximum atomic E-state index is 12.0. The van der Waals surface area contributed by atoms with Crippen LogP contribution in [0.15, 0.2) is 21.8 Å². The fourth-order valence-corrected chi connectivity index (χ4v) is 3.75. The fourth-order valence-electron chi connectivity index (χ4n) is 2.13. The number of thiophene rings is 1. The number of aryl methyl sites for hydroxylation is 1. The molecule has 2 heterocycles. The number of nitrogens with zero attached hydrogens (tertiary/aromatic N) is 2. The average Bonchev–Trinajstić information content (AvgIpc) is 3.22. The monoisotopic (exact) mass is 380 g/mol. The molecular formula is C17H24N4O2S2. The Morgan fingerprint density at radius 3 is 2.88 bits per heavy atom. The van der Waals surface area contributed by atoms with Gasteiger partial charge >= 0.3 is 5.97 Å². The van der Waals surface area contributed by atoms with Crippen LogP contribution in [0.2, 0.25) is 0 Å². The van der Waals surface area contributed by atoms with Crippen LogP contribution in [0, 0.1) is 6.92 Å². The first-order chi connectivity index (χ1) is 12.0. The number of esters is 1. The van der Waals surface area contributed by atoms with Gasteiger partial charge in [-0.2, -0.15) is 11.3 Å². The second-order valence-corrected chi connectivity index (χ2v) is 7.19. The Bertz CT molecular complexity index is 710. The van der Waals surface area contributed by atoms with Crippen LogP contribution in [0.3, 0.4) is 0 Å². The predicted octanol–water partition coefficient (Wildman–Crippen LogP) is 3.51. The summed E-state index contributed by atoms with van der Waals surface area (Å²) in [5, 5.41) is 11.6. The van der Waals surface area contributed by atoms with Crippen molar-refractivity contribution < 1.29 is 9.53 Å². The van der Waals surface area contributed by atoms with Crippen molar-refractivity contribution in [1.82, 2.24) is 15.6 Å². The molecule has 0 aliphatic heterocycles. The first-order valence-electron chi connectivity index (χ1n) is 8.25. The van der Waals surface area contributed by atoms with Crippen molar-refractivity contribution in [2.45, 2.75) is 40.3 Å². The number of aliphatic imine (C=N–C) groups is 1. The third-order valence-corrected chi connectivity index (χ3v) is 5.39. The van der Waals surface area contributed by atoms with Crippen molar-refractivity contribution in [3.05, 3.63) is 38.0 Å². The molecular weight excluding hydrogens is 356 g/mol. The van der Waals surface area contributed by atoms with Crippen LogP contribution in [-0.2, 0) is 11.3 Å². The molecule has 1 atom stereocenters. The smallest absolute Gasteiger partial charge is 0.350 e. The molecule has 0 saturated carbocycles. The van der Waals surface area contributed by atoms with Gasteiger partial charge < -0.3 is 15.4 Å². The molecule has 0 radical (unpaired) electrons. The Balaban J connectivity index is 2.07. The fraction of sp³-hybridized carbons (Fsp3) is 0.471. The van der Waals surface area contributed by atoms with Crippen molar-refractivity contribution in [3.63, 3.8) is 0 Å². The maximum Gasteiger partial charge on any atom is 0.350 e. The Kier molecular flexibility index (Phi) is 7.39. The van der Waals surface area contributed by atoms with Crippen molar-refractivity contribution in [3.8, 4) is 0 Å². The molecule has 6 nitrogen and oxygen atoms in total. The van der Waals surface area contributed by atoms with E-state index in [1.54, 1.807) is 18.3 Å². The van der Waals surface area contributed by atoms with Gasteiger partial charge in [0, 0.05) is 6.54 Å². The zero-order valence-electron chi connectivity index (χ0n) is 15.0. The van der Waals surface area contributed by atoms with Crippen LogP contribution in [0.1, 0.15) is 52.7 Å². The van der Waals surface area contributed by atoms with E-state index in [0.717, 1.165) is 17.5 Å². The van der Waals surface area contributed by atoms with E-state index in [2.05, 4.69) is 32.1 Å². The molecule has 0 spiro atoms. The van der Waals surface area contributed by atoms with Crippen molar-refractivity contribution in [1.29, 1.82) is 0 Å². The summed E-state index contributed by atoms with van der Waals surface area (Å²) in [7, 11) is 0. The summed E-state index contributed by atoms with van der Waals surface area (Å²) in [6, 6.07) is 2.00. The minimum Gasteiger partial charge on any atom is -0.462 e. The molecule has 0 saturated heterocycles. The van der Waals surface area contributed by atoms with E-state index in [-0.39, 0.29) is 12.0 Å². The molecule has 25 heavy (non-hydrogen) atoms. The van der Waals surface area contributed by atoms with Crippen LogP contribution >= 0.6 is 22.7 Å². The standard InChI is InChI=1S/C17H24N4O2S2/c1-5-18-17(19-9-13-7-8-24-10-13)21-12(4)15-20-11(3)14(25-15)16(22)23-6-2/h7-8,10,12H,5-6,9H2,1-4H3,(H2,18,19,21). The largest absolute Gasteiger partial charge is 0.462 e. The number of carbonyl (C=O) groups excluding carboxylic acids is 1. The van der Waals surface area contributed by atoms with Gasteiger partial charge in [0.05, 0.1) is 24.9 Å². The lowest BCUT2D eigenvalue weighted by atomic mass is 10.3. The van der Waals surface area contributed by atoms with Gasteiger partial charge in [-0.25, -0.2) is 14.8 Å². The van der Waals surface area contributed by atoms with E-state index in [0.29, 0.717) is 23.7 Å². The number of thiazole rings is 1. The number of nitrogens with one attached hydrogen (secondary N) is 2. The SMILES string of the molecule is CCNC(=NCc1ccsc1)NC(C)c1nc(C)c(C(=O)OCC)s1. The van der Waals surface area contributed by atoms with Crippen molar-refractivity contribution in [2.24, 2.45) is 4.99 Å². The molecule has 8 heteroatoms. The summed E-state index contributed by atoms with van der Waals surface area (Å²) < 4.78 is 5.08. The molecule has 2 N–H and O–H groups in total. The normalized spacial score (nSPS) is 12.7. The van der Waals surface area contributed by atoms with Crippen LogP contribution in [0.4, 0.5) is 0 Å². The number of rotatable bonds is 7. The van der Waals surface area contributed by atoms with E-state index in [1.165, 1.54) is 16.9 Å². The molecule has 0 aliphatic rings. The quantitative estimate of drug-likeness (QED) is 0.437. The number of guanidine groups is 1. The number of hydrogen-bond donors (Lipinski definition) is 2. The highest BCUT2D eigenvalue weighted by Gasteiger charge is 2.20. The lowest BCUT2D eigenvalue weighted by Crippen LogP contribution is -2.38. The Labute approximate surface area is 156 Å². The van der Waals surface area contributed by atoms with E-state index in [9.17, 15) is 4.79 Å². The Morgan fingerprint density at radius 1 is 1.44 bits per heavy atom. The highest BCUT2D eigenvalue weighted by atomic mass is 32.1. The minimum atomic E-state index is -0.311. The second-order valence-electron chi connectivity index (χ2n) is 5.38. The molecule has 0 bridgehead atoms. The summed E-state index contributed by atoms with van der Waals surface area (Å²) in [6.07, 6.45) is 0. The van der Waals surface area contributed by atoms with Crippen molar-refractivity contribution >= 4 is 34.6 Å². The molecule has 1 unspecified atom stereocenters. The molecule has 0 fully saturated rings. The van der Waals surface area contributed by atoms with Gasteiger partial charge in [-0.05, 0) is 50.1 Å². The van der Waals surface area contributed by atoms with Crippen LogP contribution < -0.4 is 10.6 Å². The number of aromatic nitrogens is 1. The zero-order chi connectivity index (χ0) is 18.2. The highest BCUT2D eigenvalue weighted by Crippen LogP contribution is 2.24. The van der Waals surface area contributed by atoms with Gasteiger partial charge in [0.15, 0.2) is 5.96 Å². The number of carbonyl (C=O) groups is 1. The minimum absolute atomic E-state index is 0.0628. The predicted molar refractivity (Wildman–Crippen MR) is 103 cm³/mol. The summed E-state index contributed by atoms with van der Waals surface area (Å²) in [4.78, 5) is 21.6. The summed E-state index contributed by atoms with van der Waals surface area (Å²) >= 11 is 3.03. The zero-order valence-corrected chi connectivity index (χ0v) is 16.6. The van der Waals surface area contributed by atoms with E-state index < -0.39 is 0 Å². The lowest BCUT2D eigenvalue weighted by Gasteiger charge is -2.15. The van der Waals surface area contributed by atoms with Gasteiger partial charge in [-0.3, -0.25) is 0 Å². The highest BCUT2D eigenvalue weighted by molar-refractivity contribution is 7.13. The Hall–Kier alpha value is -1.93. The summed E-state index contributed by atoms with van der Waals surface area (Å²) in [5.74, 6) is 0.417. The van der Waals surface area contributed by atoms with Gasteiger partial charge in [0.1, 0.15) is 9.88 Å². The Morgan fingerprint density at radius 2 is 2.24 bits per heavy atom. The molecule has 0 aliphatic carbocycles. The van der Waals surface area contributed by atoms with Crippen molar-refractivity contribution in [2.75, 3.05) is 13.2 Å². The number of ether oxygens (including phenoxy) is 1. The number of hydrogen-bond acceptors (Lipinski definition) is 6. The molecule has 136 valence electrons. The molecule has 2 rings (SSSR count). The third-order valence-electron chi connectivity index (χ3n) is 3.34. The molecule has 0 aromatic carbocycles. The molecule has 2 aromatic heterocycles. The second kappa shape index (κ2) is 9.53. The first-order valence-corrected chi connectivity index (χ1v) is 10.0. The third kappa shape index (κ3) is 5.54. The van der Waals surface area contributed by atoms with Crippen LogP contribution in [0.5, 0.6) is 0 Å².